The molecule has 0 aromatic heterocycles. The number of carbonyl (C=O) groups is 2. The Labute approximate surface area is 196 Å². The highest BCUT2D eigenvalue weighted by Gasteiger charge is 2.08. The van der Waals surface area contributed by atoms with Gasteiger partial charge < -0.3 is 37.8 Å². The first-order chi connectivity index (χ1) is 13.9. The molecule has 10 heteroatoms. The van der Waals surface area contributed by atoms with E-state index in [0.29, 0.717) is 49.9 Å². The van der Waals surface area contributed by atoms with Crippen molar-refractivity contribution in [1.82, 2.24) is 0 Å². The van der Waals surface area contributed by atoms with E-state index in [1.54, 1.807) is 0 Å². The van der Waals surface area contributed by atoms with Gasteiger partial charge in [-0.1, -0.05) is 0 Å². The molecule has 0 bridgehead atoms. The molecule has 0 aliphatic heterocycles. The second kappa shape index (κ2) is 22.3. The fourth-order valence-corrected chi connectivity index (χ4v) is 2.23. The van der Waals surface area contributed by atoms with Crippen molar-refractivity contribution in [3.05, 3.63) is 14.9 Å². The highest BCUT2D eigenvalue weighted by molar-refractivity contribution is 5.81. The third-order valence-electron chi connectivity index (χ3n) is 3.99. The van der Waals surface area contributed by atoms with Crippen LogP contribution in [-0.4, -0.2) is 60.7 Å². The van der Waals surface area contributed by atoms with Crippen LogP contribution < -0.4 is 33.6 Å². The van der Waals surface area contributed by atoms with Crippen LogP contribution in [0.25, 0.3) is 0 Å². The van der Waals surface area contributed by atoms with Crippen molar-refractivity contribution in [2.45, 2.75) is 91.4 Å². The van der Waals surface area contributed by atoms with Gasteiger partial charge in [-0.15, -0.1) is 0 Å². The monoisotopic (exact) mass is 460 g/mol. The maximum Gasteiger partial charge on any atom is 0.291 e. The average molecular weight is 461 g/mol. The van der Waals surface area contributed by atoms with Gasteiger partial charge in [-0.2, -0.15) is 0 Å². The summed E-state index contributed by atoms with van der Waals surface area (Å²) >= 11 is 0. The van der Waals surface area contributed by atoms with E-state index in [4.69, 9.17) is 22.9 Å². The number of nitrogens with two attached hydrogens (primary N) is 6. The first kappa shape index (κ1) is 37.4. The fourth-order valence-electron chi connectivity index (χ4n) is 2.23. The molecule has 0 aromatic rings. The molecule has 0 spiro atoms. The summed E-state index contributed by atoms with van der Waals surface area (Å²) in [7, 11) is 0. The summed E-state index contributed by atoms with van der Waals surface area (Å²) < 4.78 is 0. The van der Waals surface area contributed by atoms with Gasteiger partial charge >= 0.3 is 0 Å². The van der Waals surface area contributed by atoms with Crippen molar-refractivity contribution in [2.75, 3.05) is 13.1 Å². The lowest BCUT2D eigenvalue weighted by molar-refractivity contribution is -0.575. The van der Waals surface area contributed by atoms with Crippen LogP contribution in [0.1, 0.15) is 67.2 Å². The van der Waals surface area contributed by atoms with E-state index in [2.05, 4.69) is 9.98 Å². The van der Waals surface area contributed by atoms with Gasteiger partial charge in [0.1, 0.15) is 11.6 Å². The summed E-state index contributed by atoms with van der Waals surface area (Å²) in [5.41, 5.74) is 22.4. The highest BCUT2D eigenvalue weighted by atomic mass is 16.1. The predicted octanol–water partition coefficient (Wildman–Crippen LogP) is -1.16. The first-order valence-corrected chi connectivity index (χ1v) is 10.7. The number of quaternary nitrogens is 2. The Morgan fingerprint density at radius 2 is 1.00 bits per heavy atom. The standard InChI is InChI=1S/2C10H22N4O.2CH3/c2*1-7(2)14-10(12)13-6-4-5-9(11)8(3)15;;/h2*7,9H,4-6,11H2,1-3H3,(H3,12,13,14);2*1H3/q;;2*-1/p+2. The second-order valence-corrected chi connectivity index (χ2v) is 8.15. The first-order valence-electron chi connectivity index (χ1n) is 10.7. The Kier molecular flexibility index (Phi) is 26.1. The molecule has 2 atom stereocenters. The maximum absolute atomic E-state index is 10.8. The molecule has 0 saturated carbocycles. The number of hydrogen-bond donors (Lipinski definition) is 6. The topological polar surface area (TPSA) is 196 Å². The predicted molar refractivity (Wildman–Crippen MR) is 136 cm³/mol. The molecule has 10 nitrogen and oxygen atoms in total. The Morgan fingerprint density at radius 1 is 0.719 bits per heavy atom. The minimum absolute atomic E-state index is 0. The van der Waals surface area contributed by atoms with Crippen molar-refractivity contribution >= 4 is 23.5 Å². The van der Waals surface area contributed by atoms with E-state index >= 15 is 0 Å². The highest BCUT2D eigenvalue weighted by Crippen LogP contribution is 1.96. The molecule has 0 heterocycles. The average Bonchev–Trinajstić information content (AvgIpc) is 2.61. The molecule has 0 rings (SSSR count). The van der Waals surface area contributed by atoms with Gasteiger partial charge in [-0.3, -0.25) is 20.2 Å². The van der Waals surface area contributed by atoms with E-state index in [-0.39, 0.29) is 38.5 Å². The van der Waals surface area contributed by atoms with Crippen molar-refractivity contribution in [3.8, 4) is 0 Å². The van der Waals surface area contributed by atoms with E-state index < -0.39 is 0 Å². The molecular weight excluding hydrogens is 408 g/mol. The summed E-state index contributed by atoms with van der Waals surface area (Å²) in [4.78, 5) is 30.0. The number of ketones is 2. The molecule has 2 unspecified atom stereocenters. The van der Waals surface area contributed by atoms with Crippen LogP contribution in [0.5, 0.6) is 0 Å². The van der Waals surface area contributed by atoms with Crippen molar-refractivity contribution < 1.29 is 20.2 Å². The van der Waals surface area contributed by atoms with Gasteiger partial charge in [-0.05, 0) is 67.2 Å². The van der Waals surface area contributed by atoms with Crippen LogP contribution in [0.3, 0.4) is 0 Å². The molecule has 0 amide bonds. The largest absolute Gasteiger partial charge is 0.358 e. The van der Waals surface area contributed by atoms with Gasteiger partial charge in [-0.25, -0.2) is 9.98 Å². The molecule has 0 aliphatic carbocycles. The van der Waals surface area contributed by atoms with Gasteiger partial charge in [0.25, 0.3) is 11.9 Å². The quantitative estimate of drug-likeness (QED) is 0.0918. The number of Topliss-reactive ketones (excluding diaryl/α,β-unsaturated/α-hetero) is 2. The van der Waals surface area contributed by atoms with E-state index in [0.717, 1.165) is 12.8 Å². The Bertz CT molecular complexity index is 500. The lowest BCUT2D eigenvalue weighted by atomic mass is 10.1. The number of guanidine groups is 2. The van der Waals surface area contributed by atoms with Gasteiger partial charge in [0, 0.05) is 13.1 Å². The van der Waals surface area contributed by atoms with Crippen LogP contribution in [0.15, 0.2) is 9.98 Å². The zero-order chi connectivity index (χ0) is 23.7. The summed E-state index contributed by atoms with van der Waals surface area (Å²) in [6, 6.07) is 0.118. The van der Waals surface area contributed by atoms with Crippen LogP contribution in [0, 0.1) is 14.9 Å². The molecule has 192 valence electrons. The van der Waals surface area contributed by atoms with E-state index in [9.17, 15) is 9.59 Å². The van der Waals surface area contributed by atoms with Gasteiger partial charge in [0.2, 0.25) is 0 Å². The SMILES string of the molecule is CC(=O)C(N)CCCN=C(N)[NH2+]C(C)C.CC(=O)C(N)CCCN=C(N)[NH2+]C(C)C.[CH3-].[CH3-]. The molecule has 0 saturated heterocycles. The Morgan fingerprint density at radius 3 is 1.22 bits per heavy atom. The number of nitrogens with zero attached hydrogens (tertiary/aromatic N) is 2. The van der Waals surface area contributed by atoms with Crippen LogP contribution >= 0.6 is 0 Å². The Balaban J connectivity index is -0.000000231. The zero-order valence-electron chi connectivity index (χ0n) is 21.7. The molecule has 12 N–H and O–H groups in total. The Hall–Kier alpha value is -1.88. The lowest BCUT2D eigenvalue weighted by Crippen LogP contribution is -2.94. The van der Waals surface area contributed by atoms with Crippen LogP contribution in [-0.2, 0) is 9.59 Å². The number of hydrogen-bond acceptors (Lipinski definition) is 6. The van der Waals surface area contributed by atoms with Crippen LogP contribution in [0.4, 0.5) is 0 Å². The minimum Gasteiger partial charge on any atom is -0.358 e. The number of rotatable bonds is 12. The third kappa shape index (κ3) is 26.2. The summed E-state index contributed by atoms with van der Waals surface area (Å²) in [6.45, 7) is 12.5. The number of carbonyl (C=O) groups excluding carboxylic acids is 2. The summed E-state index contributed by atoms with van der Waals surface area (Å²) in [6.07, 6.45) is 2.95. The molecule has 0 radical (unpaired) electrons. The third-order valence-corrected chi connectivity index (χ3v) is 3.99. The molecule has 0 aromatic carbocycles. The summed E-state index contributed by atoms with van der Waals surface area (Å²) in [5, 5.41) is 3.82. The zero-order valence-corrected chi connectivity index (χ0v) is 21.7. The molecule has 0 fully saturated rings. The maximum atomic E-state index is 10.8. The van der Waals surface area contributed by atoms with Gasteiger partial charge in [0.05, 0.1) is 24.2 Å². The van der Waals surface area contributed by atoms with Crippen molar-refractivity contribution in [3.63, 3.8) is 0 Å². The number of aliphatic imine (C=N–C) groups is 2. The molecule has 32 heavy (non-hydrogen) atoms. The van der Waals surface area contributed by atoms with Crippen molar-refractivity contribution in [2.24, 2.45) is 32.9 Å². The van der Waals surface area contributed by atoms with E-state index in [1.165, 1.54) is 13.8 Å². The van der Waals surface area contributed by atoms with Gasteiger partial charge in [0.15, 0.2) is 0 Å². The fraction of sp³-hybridized carbons (Fsp3) is 0.727. The molecule has 0 aliphatic rings. The molecular formula is C22H52N8O2. The normalized spacial score (nSPS) is 13.4. The van der Waals surface area contributed by atoms with Crippen molar-refractivity contribution in [1.29, 1.82) is 0 Å². The summed E-state index contributed by atoms with van der Waals surface area (Å²) in [5.74, 6) is 1.20. The minimum atomic E-state index is -0.351. The van der Waals surface area contributed by atoms with Crippen LogP contribution in [0.2, 0.25) is 0 Å². The lowest BCUT2D eigenvalue weighted by Gasteiger charge is -2.06. The smallest absolute Gasteiger partial charge is 0.291 e. The van der Waals surface area contributed by atoms with E-state index in [1.807, 2.05) is 38.3 Å². The second-order valence-electron chi connectivity index (χ2n) is 8.15.